The van der Waals surface area contributed by atoms with Crippen molar-refractivity contribution in [2.45, 2.75) is 25.5 Å². The molecular weight excluding hydrogens is 254 g/mol. The summed E-state index contributed by atoms with van der Waals surface area (Å²) >= 11 is 0. The molecule has 0 radical (unpaired) electrons. The molecule has 0 aliphatic carbocycles. The first-order chi connectivity index (χ1) is 9.81. The third-order valence-corrected chi connectivity index (χ3v) is 3.40. The van der Waals surface area contributed by atoms with Crippen LogP contribution in [0.3, 0.4) is 0 Å². The van der Waals surface area contributed by atoms with Crippen LogP contribution in [0.25, 0.3) is 0 Å². The Morgan fingerprint density at radius 1 is 1.45 bits per heavy atom. The molecule has 1 aromatic carbocycles. The summed E-state index contributed by atoms with van der Waals surface area (Å²) in [5, 5.41) is 2.92. The summed E-state index contributed by atoms with van der Waals surface area (Å²) < 4.78 is 7.67. The molecule has 1 aliphatic heterocycles. The van der Waals surface area contributed by atoms with Gasteiger partial charge in [0.1, 0.15) is 11.9 Å². The second kappa shape index (κ2) is 5.77. The van der Waals surface area contributed by atoms with Gasteiger partial charge in [-0.2, -0.15) is 0 Å². The number of fused-ring (bicyclic) bond motifs is 1. The number of amides is 1. The fourth-order valence-corrected chi connectivity index (χ4v) is 2.33. The van der Waals surface area contributed by atoms with Crippen LogP contribution in [0.1, 0.15) is 12.0 Å². The second-order valence-corrected chi connectivity index (χ2v) is 4.91. The van der Waals surface area contributed by atoms with Gasteiger partial charge in [-0.05, 0) is 11.6 Å². The number of benzene rings is 1. The van der Waals surface area contributed by atoms with Crippen molar-refractivity contribution in [3.05, 3.63) is 48.5 Å². The number of para-hydroxylation sites is 1. The highest BCUT2D eigenvalue weighted by atomic mass is 16.5. The summed E-state index contributed by atoms with van der Waals surface area (Å²) in [6, 6.07) is 8.01. The van der Waals surface area contributed by atoms with Gasteiger partial charge >= 0.3 is 0 Å². The lowest BCUT2D eigenvalue weighted by molar-refractivity contribution is -0.121. The number of nitrogens with one attached hydrogen (secondary N) is 1. The fourth-order valence-electron chi connectivity index (χ4n) is 2.33. The van der Waals surface area contributed by atoms with Gasteiger partial charge in [-0.1, -0.05) is 18.2 Å². The molecule has 0 fully saturated rings. The monoisotopic (exact) mass is 271 g/mol. The van der Waals surface area contributed by atoms with E-state index in [4.69, 9.17) is 4.74 Å². The number of aromatic nitrogens is 2. The summed E-state index contributed by atoms with van der Waals surface area (Å²) in [4.78, 5) is 15.7. The van der Waals surface area contributed by atoms with Crippen molar-refractivity contribution in [2.24, 2.45) is 0 Å². The van der Waals surface area contributed by atoms with E-state index < -0.39 is 0 Å². The number of aryl methyl sites for hydroxylation is 1. The third kappa shape index (κ3) is 2.99. The minimum Gasteiger partial charge on any atom is -0.488 e. The first-order valence-corrected chi connectivity index (χ1v) is 6.78. The highest BCUT2D eigenvalue weighted by molar-refractivity contribution is 5.75. The number of imidazole rings is 1. The molecule has 2 aromatic rings. The number of hydrogen-bond acceptors (Lipinski definition) is 3. The molecule has 104 valence electrons. The van der Waals surface area contributed by atoms with Crippen molar-refractivity contribution in [3.8, 4) is 5.75 Å². The van der Waals surface area contributed by atoms with Crippen molar-refractivity contribution in [2.75, 3.05) is 6.54 Å². The second-order valence-electron chi connectivity index (χ2n) is 4.91. The predicted molar refractivity (Wildman–Crippen MR) is 74.4 cm³/mol. The standard InChI is InChI=1S/C15H17N3O2/c19-15(5-7-18-8-6-16-11-18)17-10-13-9-12-3-1-2-4-14(12)20-13/h1-4,6,8,11,13H,5,7,9-10H2,(H,17,19)/t13-/m0/s1. The average Bonchev–Trinajstić information content (AvgIpc) is 3.11. The summed E-state index contributed by atoms with van der Waals surface area (Å²) in [5.74, 6) is 0.975. The average molecular weight is 271 g/mol. The van der Waals surface area contributed by atoms with E-state index in [-0.39, 0.29) is 12.0 Å². The zero-order valence-corrected chi connectivity index (χ0v) is 11.2. The van der Waals surface area contributed by atoms with Crippen LogP contribution in [0.2, 0.25) is 0 Å². The maximum atomic E-state index is 11.8. The maximum Gasteiger partial charge on any atom is 0.221 e. The molecule has 0 bridgehead atoms. The molecule has 1 N–H and O–H groups in total. The van der Waals surface area contributed by atoms with Crippen LogP contribution in [0.15, 0.2) is 43.0 Å². The summed E-state index contributed by atoms with van der Waals surface area (Å²) in [7, 11) is 0. The van der Waals surface area contributed by atoms with E-state index >= 15 is 0 Å². The number of carbonyl (C=O) groups excluding carboxylic acids is 1. The molecule has 20 heavy (non-hydrogen) atoms. The van der Waals surface area contributed by atoms with Crippen molar-refractivity contribution in [3.63, 3.8) is 0 Å². The zero-order chi connectivity index (χ0) is 13.8. The Labute approximate surface area is 117 Å². The quantitative estimate of drug-likeness (QED) is 0.894. The van der Waals surface area contributed by atoms with E-state index in [9.17, 15) is 4.79 Å². The fraction of sp³-hybridized carbons (Fsp3) is 0.333. The number of hydrogen-bond donors (Lipinski definition) is 1. The van der Waals surface area contributed by atoms with Crippen LogP contribution < -0.4 is 10.1 Å². The Hall–Kier alpha value is -2.30. The first kappa shape index (κ1) is 12.7. The summed E-state index contributed by atoms with van der Waals surface area (Å²) in [6.45, 7) is 1.20. The lowest BCUT2D eigenvalue weighted by Crippen LogP contribution is -2.34. The number of carbonyl (C=O) groups is 1. The molecule has 0 saturated carbocycles. The van der Waals surface area contributed by atoms with Gasteiger partial charge in [0.05, 0.1) is 12.9 Å². The van der Waals surface area contributed by atoms with Crippen LogP contribution in [0.5, 0.6) is 5.75 Å². The molecule has 1 atom stereocenters. The van der Waals surface area contributed by atoms with Gasteiger partial charge in [-0.25, -0.2) is 4.98 Å². The number of nitrogens with zero attached hydrogens (tertiary/aromatic N) is 2. The Bertz CT molecular complexity index is 556. The minimum absolute atomic E-state index is 0.0401. The number of ether oxygens (including phenoxy) is 1. The summed E-state index contributed by atoms with van der Waals surface area (Å²) in [6.07, 6.45) is 6.63. The normalized spacial score (nSPS) is 16.5. The van der Waals surface area contributed by atoms with Gasteiger partial charge in [0, 0.05) is 31.8 Å². The van der Waals surface area contributed by atoms with Crippen molar-refractivity contribution < 1.29 is 9.53 Å². The SMILES string of the molecule is O=C(CCn1ccnc1)NC[C@@H]1Cc2ccccc2O1. The maximum absolute atomic E-state index is 11.8. The Balaban J connectivity index is 1.41. The molecule has 3 rings (SSSR count). The van der Waals surface area contributed by atoms with Crippen LogP contribution in [0, 0.1) is 0 Å². The van der Waals surface area contributed by atoms with E-state index in [2.05, 4.69) is 16.4 Å². The van der Waals surface area contributed by atoms with Crippen molar-refractivity contribution in [1.82, 2.24) is 14.9 Å². The molecule has 5 nitrogen and oxygen atoms in total. The molecule has 0 spiro atoms. The summed E-state index contributed by atoms with van der Waals surface area (Å²) in [5.41, 5.74) is 1.21. The minimum atomic E-state index is 0.0401. The van der Waals surface area contributed by atoms with Gasteiger partial charge in [0.15, 0.2) is 0 Å². The zero-order valence-electron chi connectivity index (χ0n) is 11.2. The molecule has 2 heterocycles. The van der Waals surface area contributed by atoms with Gasteiger partial charge in [-0.15, -0.1) is 0 Å². The van der Waals surface area contributed by atoms with Crippen LogP contribution in [0.4, 0.5) is 0 Å². The Morgan fingerprint density at radius 2 is 2.35 bits per heavy atom. The highest BCUT2D eigenvalue weighted by Crippen LogP contribution is 2.27. The largest absolute Gasteiger partial charge is 0.488 e. The lowest BCUT2D eigenvalue weighted by atomic mass is 10.1. The Morgan fingerprint density at radius 3 is 3.15 bits per heavy atom. The lowest BCUT2D eigenvalue weighted by Gasteiger charge is -2.12. The predicted octanol–water partition coefficient (Wildman–Crippen LogP) is 1.39. The van der Waals surface area contributed by atoms with Gasteiger partial charge in [0.25, 0.3) is 0 Å². The van der Waals surface area contributed by atoms with Crippen LogP contribution in [-0.2, 0) is 17.8 Å². The molecule has 1 amide bonds. The molecule has 5 heteroatoms. The molecule has 0 saturated heterocycles. The Kier molecular flexibility index (Phi) is 3.67. The molecule has 1 aliphatic rings. The van der Waals surface area contributed by atoms with E-state index in [0.717, 1.165) is 12.2 Å². The molecular formula is C15H17N3O2. The van der Waals surface area contributed by atoms with E-state index in [1.54, 1.807) is 12.5 Å². The van der Waals surface area contributed by atoms with E-state index in [0.29, 0.717) is 19.5 Å². The first-order valence-electron chi connectivity index (χ1n) is 6.78. The van der Waals surface area contributed by atoms with Crippen molar-refractivity contribution in [1.29, 1.82) is 0 Å². The smallest absolute Gasteiger partial charge is 0.221 e. The highest BCUT2D eigenvalue weighted by Gasteiger charge is 2.22. The van der Waals surface area contributed by atoms with E-state index in [1.165, 1.54) is 5.56 Å². The van der Waals surface area contributed by atoms with Crippen molar-refractivity contribution >= 4 is 5.91 Å². The molecule has 1 aromatic heterocycles. The van der Waals surface area contributed by atoms with Crippen LogP contribution in [-0.4, -0.2) is 28.1 Å². The van der Waals surface area contributed by atoms with Gasteiger partial charge in [-0.3, -0.25) is 4.79 Å². The third-order valence-electron chi connectivity index (χ3n) is 3.40. The van der Waals surface area contributed by atoms with Gasteiger partial charge < -0.3 is 14.6 Å². The topological polar surface area (TPSA) is 56.2 Å². The van der Waals surface area contributed by atoms with E-state index in [1.807, 2.05) is 29.0 Å². The molecule has 0 unspecified atom stereocenters. The van der Waals surface area contributed by atoms with Crippen LogP contribution >= 0.6 is 0 Å². The number of rotatable bonds is 5. The van der Waals surface area contributed by atoms with Gasteiger partial charge in [0.2, 0.25) is 5.91 Å².